The van der Waals surface area contributed by atoms with Crippen molar-refractivity contribution in [3.8, 4) is 0 Å². The summed E-state index contributed by atoms with van der Waals surface area (Å²) in [4.78, 5) is 13.9. The minimum Gasteiger partial charge on any atom is -0.363 e. The zero-order valence-corrected chi connectivity index (χ0v) is 8.10. The molecule has 0 spiro atoms. The normalized spacial score (nSPS) is 14.2. The second kappa shape index (κ2) is 3.32. The Morgan fingerprint density at radius 1 is 1.62 bits per heavy atom. The molecule has 0 saturated heterocycles. The van der Waals surface area contributed by atoms with Crippen LogP contribution in [0, 0.1) is 5.41 Å². The van der Waals surface area contributed by atoms with Crippen molar-refractivity contribution in [3.05, 3.63) is 24.0 Å². The van der Waals surface area contributed by atoms with Gasteiger partial charge in [-0.1, -0.05) is 0 Å². The molecular formula is C10H14FNO. The number of aromatic amines is 1. The van der Waals surface area contributed by atoms with Gasteiger partial charge in [-0.25, -0.2) is 4.39 Å². The first-order valence-electron chi connectivity index (χ1n) is 4.24. The molecule has 3 heteroatoms. The van der Waals surface area contributed by atoms with Crippen LogP contribution in [0.4, 0.5) is 4.39 Å². The monoisotopic (exact) mass is 183 g/mol. The number of aromatic nitrogens is 1. The molecule has 0 amide bonds. The van der Waals surface area contributed by atoms with E-state index in [9.17, 15) is 9.18 Å². The SMILES string of the molecule is CC(=O)C(C)(C)C(F)c1ccc[nH]1. The van der Waals surface area contributed by atoms with E-state index in [4.69, 9.17) is 0 Å². The highest BCUT2D eigenvalue weighted by Gasteiger charge is 2.35. The Labute approximate surface area is 77.2 Å². The van der Waals surface area contributed by atoms with E-state index in [1.165, 1.54) is 6.92 Å². The molecule has 1 aromatic rings. The maximum Gasteiger partial charge on any atom is 0.152 e. The molecule has 1 aromatic heterocycles. The number of Topliss-reactive ketones (excluding diaryl/α,β-unsaturated/α-hetero) is 1. The van der Waals surface area contributed by atoms with Crippen molar-refractivity contribution in [1.29, 1.82) is 0 Å². The average Bonchev–Trinajstić information content (AvgIpc) is 2.54. The Kier molecular flexibility index (Phi) is 2.55. The van der Waals surface area contributed by atoms with Crippen molar-refractivity contribution < 1.29 is 9.18 Å². The summed E-state index contributed by atoms with van der Waals surface area (Å²) in [6.45, 7) is 4.64. The van der Waals surface area contributed by atoms with Crippen LogP contribution >= 0.6 is 0 Å². The Bertz CT molecular complexity index is 290. The molecule has 0 bridgehead atoms. The highest BCUT2D eigenvalue weighted by Crippen LogP contribution is 2.36. The van der Waals surface area contributed by atoms with Gasteiger partial charge in [0.05, 0.1) is 11.1 Å². The van der Waals surface area contributed by atoms with Gasteiger partial charge < -0.3 is 4.98 Å². The van der Waals surface area contributed by atoms with E-state index < -0.39 is 11.6 Å². The van der Waals surface area contributed by atoms with Gasteiger partial charge in [0.25, 0.3) is 0 Å². The molecule has 1 rings (SSSR count). The zero-order chi connectivity index (χ0) is 10.1. The fourth-order valence-electron chi connectivity index (χ4n) is 1.07. The predicted octanol–water partition coefficient (Wildman–Crippen LogP) is 2.64. The number of carbonyl (C=O) groups excluding carboxylic acids is 1. The lowest BCUT2D eigenvalue weighted by molar-refractivity contribution is -0.128. The standard InChI is InChI=1S/C10H14FNO/c1-7(13)10(2,3)9(11)8-5-4-6-12-8/h4-6,9,12H,1-3H3. The number of ketones is 1. The predicted molar refractivity (Wildman–Crippen MR) is 49.1 cm³/mol. The lowest BCUT2D eigenvalue weighted by atomic mass is 9.82. The summed E-state index contributed by atoms with van der Waals surface area (Å²) in [5.74, 6) is -0.144. The third kappa shape index (κ3) is 1.79. The Morgan fingerprint density at radius 3 is 2.62 bits per heavy atom. The van der Waals surface area contributed by atoms with E-state index in [0.29, 0.717) is 5.69 Å². The van der Waals surface area contributed by atoms with Gasteiger partial charge in [0.1, 0.15) is 5.78 Å². The minimum atomic E-state index is -1.26. The van der Waals surface area contributed by atoms with Crippen LogP contribution in [0.5, 0.6) is 0 Å². The van der Waals surface area contributed by atoms with Crippen LogP contribution in [0.25, 0.3) is 0 Å². The van der Waals surface area contributed by atoms with E-state index in [0.717, 1.165) is 0 Å². The number of rotatable bonds is 3. The topological polar surface area (TPSA) is 32.9 Å². The fourth-order valence-corrected chi connectivity index (χ4v) is 1.07. The highest BCUT2D eigenvalue weighted by molar-refractivity contribution is 5.82. The van der Waals surface area contributed by atoms with E-state index in [1.807, 2.05) is 0 Å². The van der Waals surface area contributed by atoms with Crippen LogP contribution in [-0.2, 0) is 4.79 Å². The molecule has 0 aliphatic heterocycles. The van der Waals surface area contributed by atoms with Gasteiger partial charge >= 0.3 is 0 Å². The molecule has 0 aliphatic carbocycles. The number of alkyl halides is 1. The first kappa shape index (κ1) is 9.96. The number of hydrogen-bond donors (Lipinski definition) is 1. The van der Waals surface area contributed by atoms with Crippen molar-refractivity contribution in [2.24, 2.45) is 5.41 Å². The summed E-state index contributed by atoms with van der Waals surface area (Å²) < 4.78 is 13.7. The molecule has 0 saturated carbocycles. The van der Waals surface area contributed by atoms with Gasteiger partial charge in [-0.2, -0.15) is 0 Å². The van der Waals surface area contributed by atoms with Crippen LogP contribution < -0.4 is 0 Å². The maximum atomic E-state index is 13.7. The second-order valence-corrected chi connectivity index (χ2v) is 3.77. The van der Waals surface area contributed by atoms with Gasteiger partial charge in [0.2, 0.25) is 0 Å². The van der Waals surface area contributed by atoms with Crippen molar-refractivity contribution in [1.82, 2.24) is 4.98 Å². The number of carbonyl (C=O) groups is 1. The molecule has 13 heavy (non-hydrogen) atoms. The van der Waals surface area contributed by atoms with E-state index >= 15 is 0 Å². The molecule has 0 fully saturated rings. The molecule has 2 nitrogen and oxygen atoms in total. The molecule has 0 aliphatic rings. The summed E-state index contributed by atoms with van der Waals surface area (Å²) in [6.07, 6.45) is 0.387. The number of H-pyrrole nitrogens is 1. The van der Waals surface area contributed by atoms with Crippen molar-refractivity contribution in [2.75, 3.05) is 0 Å². The fraction of sp³-hybridized carbons (Fsp3) is 0.500. The Hall–Kier alpha value is -1.12. The lowest BCUT2D eigenvalue weighted by Crippen LogP contribution is -2.27. The number of halogens is 1. The first-order chi connectivity index (χ1) is 5.96. The quantitative estimate of drug-likeness (QED) is 0.767. The third-order valence-corrected chi connectivity index (χ3v) is 2.44. The van der Waals surface area contributed by atoms with Crippen LogP contribution in [0.15, 0.2) is 18.3 Å². The van der Waals surface area contributed by atoms with Crippen molar-refractivity contribution in [3.63, 3.8) is 0 Å². The summed E-state index contributed by atoms with van der Waals surface area (Å²) in [5, 5.41) is 0. The molecular weight excluding hydrogens is 169 g/mol. The molecule has 1 heterocycles. The highest BCUT2D eigenvalue weighted by atomic mass is 19.1. The van der Waals surface area contributed by atoms with E-state index in [2.05, 4.69) is 4.98 Å². The Morgan fingerprint density at radius 2 is 2.23 bits per heavy atom. The number of hydrogen-bond acceptors (Lipinski definition) is 1. The van der Waals surface area contributed by atoms with Gasteiger partial charge in [0, 0.05) is 6.20 Å². The molecule has 1 unspecified atom stereocenters. The van der Waals surface area contributed by atoms with Crippen molar-refractivity contribution >= 4 is 5.78 Å². The van der Waals surface area contributed by atoms with Crippen molar-refractivity contribution in [2.45, 2.75) is 26.9 Å². The minimum absolute atomic E-state index is 0.144. The third-order valence-electron chi connectivity index (χ3n) is 2.44. The first-order valence-corrected chi connectivity index (χ1v) is 4.24. The second-order valence-electron chi connectivity index (χ2n) is 3.77. The summed E-state index contributed by atoms with van der Waals surface area (Å²) >= 11 is 0. The van der Waals surface area contributed by atoms with Gasteiger partial charge in [-0.15, -0.1) is 0 Å². The lowest BCUT2D eigenvalue weighted by Gasteiger charge is -2.24. The summed E-state index contributed by atoms with van der Waals surface area (Å²) in [7, 11) is 0. The molecule has 1 N–H and O–H groups in total. The van der Waals surface area contributed by atoms with Crippen LogP contribution in [0.2, 0.25) is 0 Å². The van der Waals surface area contributed by atoms with E-state index in [1.54, 1.807) is 32.2 Å². The maximum absolute atomic E-state index is 13.7. The molecule has 0 aromatic carbocycles. The zero-order valence-electron chi connectivity index (χ0n) is 8.10. The molecule has 72 valence electrons. The number of nitrogens with one attached hydrogen (secondary N) is 1. The molecule has 0 radical (unpaired) electrons. The summed E-state index contributed by atoms with van der Waals surface area (Å²) in [5.41, 5.74) is -0.495. The van der Waals surface area contributed by atoms with Crippen LogP contribution in [-0.4, -0.2) is 10.8 Å². The average molecular weight is 183 g/mol. The van der Waals surface area contributed by atoms with Gasteiger partial charge in [-0.05, 0) is 32.9 Å². The van der Waals surface area contributed by atoms with Crippen LogP contribution in [0.1, 0.15) is 32.6 Å². The Balaban J connectivity index is 2.90. The van der Waals surface area contributed by atoms with E-state index in [-0.39, 0.29) is 5.78 Å². The van der Waals surface area contributed by atoms with Gasteiger partial charge in [-0.3, -0.25) is 4.79 Å². The van der Waals surface area contributed by atoms with Gasteiger partial charge in [0.15, 0.2) is 6.17 Å². The van der Waals surface area contributed by atoms with Crippen LogP contribution in [0.3, 0.4) is 0 Å². The smallest absolute Gasteiger partial charge is 0.152 e. The molecule has 1 atom stereocenters. The largest absolute Gasteiger partial charge is 0.363 e. The summed E-state index contributed by atoms with van der Waals surface area (Å²) in [6, 6.07) is 3.37.